The first-order chi connectivity index (χ1) is 35.7. The summed E-state index contributed by atoms with van der Waals surface area (Å²) < 4.78 is 11.1. The summed E-state index contributed by atoms with van der Waals surface area (Å²) in [6.07, 6.45) is 53.7. The van der Waals surface area contributed by atoms with Gasteiger partial charge < -0.3 is 50.5 Å². The van der Waals surface area contributed by atoms with Gasteiger partial charge in [0, 0.05) is 0 Å². The molecule has 0 aromatic heterocycles. The number of rotatable bonds is 52. The van der Waals surface area contributed by atoms with Crippen LogP contribution in [0, 0.1) is 0 Å². The summed E-state index contributed by atoms with van der Waals surface area (Å²) in [5.41, 5.74) is 0. The van der Waals surface area contributed by atoms with E-state index in [4.69, 9.17) is 9.47 Å². The average Bonchev–Trinajstić information content (AvgIpc) is 3.39. The lowest BCUT2D eigenvalue weighted by molar-refractivity contribution is -0.303. The highest BCUT2D eigenvalue weighted by molar-refractivity contribution is 5.80. The molecule has 1 aliphatic rings. The third-order valence-electron chi connectivity index (χ3n) is 14.7. The predicted octanol–water partition coefficient (Wildman–Crippen LogP) is 13.2. The minimum atomic E-state index is -1.67. The van der Waals surface area contributed by atoms with Crippen LogP contribution >= 0.6 is 0 Å². The summed E-state index contributed by atoms with van der Waals surface area (Å²) in [7, 11) is 0. The topological polar surface area (TPSA) is 189 Å². The molecule has 428 valence electrons. The Bertz CT molecular complexity index is 1320. The number of hydrogen-bond donors (Lipinski definition) is 8. The largest absolute Gasteiger partial charge is 0.394 e. The molecule has 9 atom stereocenters. The van der Waals surface area contributed by atoms with Gasteiger partial charge in [-0.05, 0) is 84.0 Å². The average molecular weight is 1030 g/mol. The van der Waals surface area contributed by atoms with Gasteiger partial charge in [0.2, 0.25) is 5.91 Å². The van der Waals surface area contributed by atoms with Gasteiger partial charge in [-0.3, -0.25) is 4.79 Å². The van der Waals surface area contributed by atoms with Crippen molar-refractivity contribution in [1.82, 2.24) is 5.32 Å². The minimum Gasteiger partial charge on any atom is -0.394 e. The Kier molecular flexibility index (Phi) is 48.1. The fraction of sp³-hybridized carbons (Fsp3) is 0.855. The molecular weight excluding hydrogens is 919 g/mol. The van der Waals surface area contributed by atoms with Gasteiger partial charge >= 0.3 is 0 Å². The SMILES string of the molecule is C/C=C/CC/C=C/CC/C=C/CCCC(O)C(O)C(COC1OC(CO)C(O)C(O)C1O)NC(=O)C(O)CCCCCCCCCCCCCCCCCC/C=C\CCCCCCCCCCCCCCCC. The molecule has 0 radical (unpaired) electrons. The van der Waals surface area contributed by atoms with Crippen molar-refractivity contribution in [3.63, 3.8) is 0 Å². The third kappa shape index (κ3) is 39.1. The molecule has 0 aromatic carbocycles. The monoisotopic (exact) mass is 1030 g/mol. The van der Waals surface area contributed by atoms with E-state index in [1.165, 1.54) is 180 Å². The number of ether oxygens (including phenoxy) is 2. The molecular formula is C62H115NO10. The molecule has 0 aromatic rings. The van der Waals surface area contributed by atoms with Gasteiger partial charge in [-0.25, -0.2) is 0 Å². The second-order valence-corrected chi connectivity index (χ2v) is 21.4. The number of unbranched alkanes of at least 4 members (excludes halogenated alkanes) is 33. The summed E-state index contributed by atoms with van der Waals surface area (Å²) in [4.78, 5) is 13.2. The van der Waals surface area contributed by atoms with E-state index in [0.717, 1.165) is 44.9 Å². The van der Waals surface area contributed by atoms with Gasteiger partial charge in [0.05, 0.1) is 25.4 Å². The minimum absolute atomic E-state index is 0.240. The predicted molar refractivity (Wildman–Crippen MR) is 302 cm³/mol. The number of aliphatic hydroxyl groups is 7. The van der Waals surface area contributed by atoms with Crippen LogP contribution in [0.15, 0.2) is 48.6 Å². The van der Waals surface area contributed by atoms with Crippen LogP contribution in [0.2, 0.25) is 0 Å². The number of aliphatic hydroxyl groups excluding tert-OH is 7. The highest BCUT2D eigenvalue weighted by Crippen LogP contribution is 2.23. The lowest BCUT2D eigenvalue weighted by Gasteiger charge is -2.40. The van der Waals surface area contributed by atoms with Crippen LogP contribution in [0.5, 0.6) is 0 Å². The molecule has 1 fully saturated rings. The van der Waals surface area contributed by atoms with E-state index in [-0.39, 0.29) is 12.8 Å². The molecule has 1 aliphatic heterocycles. The maximum atomic E-state index is 13.2. The van der Waals surface area contributed by atoms with E-state index in [9.17, 15) is 40.5 Å². The fourth-order valence-electron chi connectivity index (χ4n) is 9.71. The summed E-state index contributed by atoms with van der Waals surface area (Å²) in [5, 5.41) is 75.9. The number of hydrogen-bond acceptors (Lipinski definition) is 10. The van der Waals surface area contributed by atoms with Crippen LogP contribution in [-0.2, 0) is 14.3 Å². The van der Waals surface area contributed by atoms with Gasteiger partial charge in [-0.15, -0.1) is 0 Å². The molecule has 1 amide bonds. The van der Waals surface area contributed by atoms with Crippen molar-refractivity contribution in [2.75, 3.05) is 13.2 Å². The quantitative estimate of drug-likeness (QED) is 0.0215. The number of allylic oxidation sites excluding steroid dienone is 8. The molecule has 0 spiro atoms. The van der Waals surface area contributed by atoms with E-state index >= 15 is 0 Å². The summed E-state index contributed by atoms with van der Waals surface area (Å²) in [6.45, 7) is 3.23. The van der Waals surface area contributed by atoms with Crippen molar-refractivity contribution in [2.24, 2.45) is 0 Å². The molecule has 9 unspecified atom stereocenters. The Hall–Kier alpha value is -1.93. The van der Waals surface area contributed by atoms with E-state index in [0.29, 0.717) is 19.3 Å². The van der Waals surface area contributed by atoms with Crippen molar-refractivity contribution in [1.29, 1.82) is 0 Å². The first-order valence-corrected chi connectivity index (χ1v) is 30.5. The fourth-order valence-corrected chi connectivity index (χ4v) is 9.71. The molecule has 0 bridgehead atoms. The van der Waals surface area contributed by atoms with Crippen molar-refractivity contribution >= 4 is 5.91 Å². The second kappa shape index (κ2) is 50.9. The third-order valence-corrected chi connectivity index (χ3v) is 14.7. The highest BCUT2D eigenvalue weighted by atomic mass is 16.7. The van der Waals surface area contributed by atoms with Gasteiger partial charge in [0.25, 0.3) is 0 Å². The first kappa shape index (κ1) is 69.1. The lowest BCUT2D eigenvalue weighted by Crippen LogP contribution is -2.60. The van der Waals surface area contributed by atoms with Crippen LogP contribution in [0.25, 0.3) is 0 Å². The number of carbonyl (C=O) groups excluding carboxylic acids is 1. The molecule has 1 rings (SSSR count). The molecule has 8 N–H and O–H groups in total. The van der Waals surface area contributed by atoms with Crippen LogP contribution in [0.4, 0.5) is 0 Å². The van der Waals surface area contributed by atoms with Gasteiger partial charge in [0.1, 0.15) is 36.6 Å². The summed E-state index contributed by atoms with van der Waals surface area (Å²) in [5.74, 6) is -0.712. The van der Waals surface area contributed by atoms with E-state index in [2.05, 4.69) is 60.8 Å². The standard InChI is InChI=1S/C62H115NO10/c1-3-5-7-9-11-13-15-17-18-19-20-21-22-23-24-25-26-27-28-29-30-31-32-33-34-35-36-37-38-40-42-44-46-48-50-55(66)61(71)63-53(52-72-62-60(70)59(69)58(68)56(51-64)73-62)57(67)54(65)49-47-45-43-41-39-16-14-12-10-8-6-4-2/h4,6,12,14,25-26,41,43,53-60,62,64-70H,3,5,7-11,13,15-24,27-40,42,44-52H2,1-2H3,(H,63,71)/b6-4+,14-12+,26-25-,43-41+. The Morgan fingerprint density at radius 1 is 0.493 bits per heavy atom. The molecule has 1 saturated heterocycles. The van der Waals surface area contributed by atoms with Crippen LogP contribution in [0.3, 0.4) is 0 Å². The Labute approximate surface area is 447 Å². The zero-order valence-electron chi connectivity index (χ0n) is 46.9. The lowest BCUT2D eigenvalue weighted by atomic mass is 9.98. The number of carbonyl (C=O) groups is 1. The Morgan fingerprint density at radius 2 is 0.877 bits per heavy atom. The summed E-state index contributed by atoms with van der Waals surface area (Å²) in [6, 6.07) is -1.19. The van der Waals surface area contributed by atoms with Gasteiger partial charge in [-0.2, -0.15) is 0 Å². The molecule has 1 heterocycles. The molecule has 0 aliphatic carbocycles. The van der Waals surface area contributed by atoms with Crippen LogP contribution in [0.1, 0.15) is 271 Å². The maximum absolute atomic E-state index is 13.2. The zero-order chi connectivity index (χ0) is 53.3. The van der Waals surface area contributed by atoms with Crippen LogP contribution < -0.4 is 5.32 Å². The number of nitrogens with one attached hydrogen (secondary N) is 1. The molecule has 11 nitrogen and oxygen atoms in total. The van der Waals surface area contributed by atoms with E-state index in [1.807, 2.05) is 6.92 Å². The van der Waals surface area contributed by atoms with Gasteiger partial charge in [-0.1, -0.05) is 235 Å². The van der Waals surface area contributed by atoms with Gasteiger partial charge in [0.15, 0.2) is 6.29 Å². The number of amides is 1. The molecule has 0 saturated carbocycles. The smallest absolute Gasteiger partial charge is 0.249 e. The van der Waals surface area contributed by atoms with Crippen molar-refractivity contribution < 1.29 is 50.0 Å². The maximum Gasteiger partial charge on any atom is 0.249 e. The second-order valence-electron chi connectivity index (χ2n) is 21.4. The van der Waals surface area contributed by atoms with E-state index < -0.39 is 74.2 Å². The first-order valence-electron chi connectivity index (χ1n) is 30.5. The van der Waals surface area contributed by atoms with E-state index in [1.54, 1.807) is 0 Å². The van der Waals surface area contributed by atoms with Crippen molar-refractivity contribution in [3.8, 4) is 0 Å². The molecule has 11 heteroatoms. The highest BCUT2D eigenvalue weighted by Gasteiger charge is 2.44. The Balaban J connectivity index is 2.16. The molecule has 73 heavy (non-hydrogen) atoms. The Morgan fingerprint density at radius 3 is 1.30 bits per heavy atom. The van der Waals surface area contributed by atoms with Crippen LogP contribution in [-0.4, -0.2) is 110 Å². The summed E-state index contributed by atoms with van der Waals surface area (Å²) >= 11 is 0. The van der Waals surface area contributed by atoms with Crippen molar-refractivity contribution in [2.45, 2.75) is 326 Å². The normalized spacial score (nSPS) is 20.3. The van der Waals surface area contributed by atoms with Crippen molar-refractivity contribution in [3.05, 3.63) is 48.6 Å². The zero-order valence-corrected chi connectivity index (χ0v) is 46.9.